The maximum atomic E-state index is 6.10. The minimum Gasteiger partial charge on any atom is -0.437 e. The van der Waals surface area contributed by atoms with E-state index in [9.17, 15) is 0 Å². The van der Waals surface area contributed by atoms with Gasteiger partial charge in [-0.05, 0) is 36.1 Å². The molecule has 2 N–H and O–H groups in total. The van der Waals surface area contributed by atoms with Gasteiger partial charge in [0.15, 0.2) is 0 Å². The highest BCUT2D eigenvalue weighted by atomic mass is 79.9. The summed E-state index contributed by atoms with van der Waals surface area (Å²) >= 11 is 3.50. The molecule has 0 aliphatic rings. The third-order valence-electron chi connectivity index (χ3n) is 3.24. The van der Waals surface area contributed by atoms with E-state index in [2.05, 4.69) is 40.9 Å². The summed E-state index contributed by atoms with van der Waals surface area (Å²) in [4.78, 5) is 0. The van der Waals surface area contributed by atoms with E-state index < -0.39 is 0 Å². The summed E-state index contributed by atoms with van der Waals surface area (Å²) < 4.78 is 8.76. The van der Waals surface area contributed by atoms with Crippen molar-refractivity contribution in [1.29, 1.82) is 0 Å². The monoisotopic (exact) mass is 337 g/mol. The Morgan fingerprint density at radius 1 is 1.40 bits per heavy atom. The third kappa shape index (κ3) is 2.82. The lowest BCUT2D eigenvalue weighted by molar-refractivity contribution is 0.426. The average Bonchev–Trinajstić information content (AvgIpc) is 2.67. The molecule has 0 fully saturated rings. The molecule has 0 spiro atoms. The van der Waals surface area contributed by atoms with Crippen LogP contribution in [0.15, 0.2) is 22.7 Å². The highest BCUT2D eigenvalue weighted by molar-refractivity contribution is 9.10. The largest absolute Gasteiger partial charge is 0.437 e. The fourth-order valence-electron chi connectivity index (χ4n) is 2.13. The van der Waals surface area contributed by atoms with E-state index in [1.807, 2.05) is 26.1 Å². The van der Waals surface area contributed by atoms with Crippen molar-refractivity contribution in [3.63, 3.8) is 0 Å². The highest BCUT2D eigenvalue weighted by Gasteiger charge is 2.16. The molecule has 1 aromatic heterocycles. The molecule has 108 valence electrons. The lowest BCUT2D eigenvalue weighted by Gasteiger charge is -2.14. The zero-order valence-corrected chi connectivity index (χ0v) is 13.9. The summed E-state index contributed by atoms with van der Waals surface area (Å²) in [5, 5.41) is 4.37. The molecule has 0 radical (unpaired) electrons. The van der Waals surface area contributed by atoms with E-state index in [-0.39, 0.29) is 0 Å². The number of aromatic nitrogens is 2. The normalized spacial score (nSPS) is 11.1. The molecule has 1 heterocycles. The number of hydrogen-bond donors (Lipinski definition) is 1. The molecule has 5 heteroatoms. The smallest absolute Gasteiger partial charge is 0.241 e. The Labute approximate surface area is 128 Å². The van der Waals surface area contributed by atoms with Crippen molar-refractivity contribution in [3.8, 4) is 11.6 Å². The van der Waals surface area contributed by atoms with Crippen LogP contribution in [0.2, 0.25) is 0 Å². The first-order chi connectivity index (χ1) is 9.43. The number of nitrogens with two attached hydrogens (primary N) is 1. The van der Waals surface area contributed by atoms with Crippen molar-refractivity contribution in [2.24, 2.45) is 7.05 Å². The van der Waals surface area contributed by atoms with Gasteiger partial charge in [-0.15, -0.1) is 0 Å². The predicted octanol–water partition coefficient (Wildman–Crippen LogP) is 4.24. The lowest BCUT2D eigenvalue weighted by Crippen LogP contribution is -2.00. The summed E-state index contributed by atoms with van der Waals surface area (Å²) in [6.07, 6.45) is 0.792. The Bertz CT molecular complexity index is 620. The van der Waals surface area contributed by atoms with Gasteiger partial charge in [0.2, 0.25) is 5.88 Å². The minimum absolute atomic E-state index is 0.364. The van der Waals surface area contributed by atoms with Crippen LogP contribution >= 0.6 is 15.9 Å². The average molecular weight is 338 g/mol. The first-order valence-electron chi connectivity index (χ1n) is 6.72. The van der Waals surface area contributed by atoms with Crippen molar-refractivity contribution in [1.82, 2.24) is 9.78 Å². The number of nitrogens with zero attached hydrogens (tertiary/aromatic N) is 2. The predicted molar refractivity (Wildman–Crippen MR) is 85.3 cm³/mol. The Hall–Kier alpha value is -1.49. The molecule has 0 saturated carbocycles. The molecule has 0 aliphatic heterocycles. The van der Waals surface area contributed by atoms with Gasteiger partial charge in [0.05, 0.1) is 5.69 Å². The molecular weight excluding hydrogens is 318 g/mol. The van der Waals surface area contributed by atoms with Gasteiger partial charge in [0.1, 0.15) is 11.4 Å². The van der Waals surface area contributed by atoms with Gasteiger partial charge in [-0.3, -0.25) is 0 Å². The third-order valence-corrected chi connectivity index (χ3v) is 3.73. The zero-order chi connectivity index (χ0) is 14.9. The summed E-state index contributed by atoms with van der Waals surface area (Å²) in [5.41, 5.74) is 8.72. The lowest BCUT2D eigenvalue weighted by atomic mass is 10.0. The molecule has 0 saturated heterocycles. The van der Waals surface area contributed by atoms with Gasteiger partial charge in [0, 0.05) is 11.5 Å². The van der Waals surface area contributed by atoms with E-state index in [1.165, 1.54) is 0 Å². The van der Waals surface area contributed by atoms with Crippen LogP contribution in [-0.4, -0.2) is 9.78 Å². The standard InChI is InChI=1S/C15H20BrN3O/c1-5-12-14(17)15(19(4)18-12)20-13-7-6-10(16)8-11(13)9(2)3/h6-9H,5,17H2,1-4H3. The van der Waals surface area contributed by atoms with E-state index in [1.54, 1.807) is 4.68 Å². The Morgan fingerprint density at radius 3 is 2.65 bits per heavy atom. The minimum atomic E-state index is 0.364. The fourth-order valence-corrected chi connectivity index (χ4v) is 2.51. The van der Waals surface area contributed by atoms with E-state index in [4.69, 9.17) is 10.5 Å². The van der Waals surface area contributed by atoms with Crippen LogP contribution in [0.1, 0.15) is 37.9 Å². The molecule has 2 aromatic rings. The Kier molecular flexibility index (Phi) is 4.38. The summed E-state index contributed by atoms with van der Waals surface area (Å²) in [6, 6.07) is 6.00. The molecule has 20 heavy (non-hydrogen) atoms. The molecule has 1 aromatic carbocycles. The highest BCUT2D eigenvalue weighted by Crippen LogP contribution is 2.35. The molecule has 0 bridgehead atoms. The Morgan fingerprint density at radius 2 is 2.10 bits per heavy atom. The quantitative estimate of drug-likeness (QED) is 0.907. The summed E-state index contributed by atoms with van der Waals surface area (Å²) in [7, 11) is 1.85. The molecule has 0 atom stereocenters. The van der Waals surface area contributed by atoms with Crippen LogP contribution in [0.3, 0.4) is 0 Å². The van der Waals surface area contributed by atoms with Crippen LogP contribution in [0.4, 0.5) is 5.69 Å². The first kappa shape index (κ1) is 14.9. The van der Waals surface area contributed by atoms with Crippen molar-refractivity contribution < 1.29 is 4.74 Å². The van der Waals surface area contributed by atoms with E-state index in [0.29, 0.717) is 17.5 Å². The second-order valence-corrected chi connectivity index (χ2v) is 6.00. The number of aryl methyl sites for hydroxylation is 2. The number of hydrogen-bond acceptors (Lipinski definition) is 3. The van der Waals surface area contributed by atoms with Gasteiger partial charge < -0.3 is 10.5 Å². The van der Waals surface area contributed by atoms with Gasteiger partial charge in [-0.25, -0.2) is 4.68 Å². The van der Waals surface area contributed by atoms with Gasteiger partial charge >= 0.3 is 0 Å². The number of anilines is 1. The number of ether oxygens (including phenoxy) is 1. The fraction of sp³-hybridized carbons (Fsp3) is 0.400. The van der Waals surface area contributed by atoms with Crippen molar-refractivity contribution >= 4 is 21.6 Å². The molecule has 2 rings (SSSR count). The second-order valence-electron chi connectivity index (χ2n) is 5.08. The van der Waals surface area contributed by atoms with E-state index >= 15 is 0 Å². The van der Waals surface area contributed by atoms with Crippen LogP contribution in [0.25, 0.3) is 0 Å². The second kappa shape index (κ2) is 5.87. The molecule has 0 amide bonds. The zero-order valence-electron chi connectivity index (χ0n) is 12.3. The molecular formula is C15H20BrN3O. The number of rotatable bonds is 4. The first-order valence-corrected chi connectivity index (χ1v) is 7.52. The van der Waals surface area contributed by atoms with Gasteiger partial charge in [-0.1, -0.05) is 36.7 Å². The summed E-state index contributed by atoms with van der Waals surface area (Å²) in [5.74, 6) is 1.79. The maximum Gasteiger partial charge on any atom is 0.241 e. The SMILES string of the molecule is CCc1nn(C)c(Oc2ccc(Br)cc2C(C)C)c1N. The summed E-state index contributed by atoms with van der Waals surface area (Å²) in [6.45, 7) is 6.30. The maximum absolute atomic E-state index is 6.10. The topological polar surface area (TPSA) is 53.1 Å². The molecule has 0 aliphatic carbocycles. The van der Waals surface area contributed by atoms with Crippen molar-refractivity contribution in [2.45, 2.75) is 33.1 Å². The molecule has 0 unspecified atom stereocenters. The van der Waals surface area contributed by atoms with Gasteiger partial charge in [-0.2, -0.15) is 5.10 Å². The van der Waals surface area contributed by atoms with Crippen LogP contribution in [0.5, 0.6) is 11.6 Å². The van der Waals surface area contributed by atoms with Crippen molar-refractivity contribution in [2.75, 3.05) is 5.73 Å². The molecule has 4 nitrogen and oxygen atoms in total. The number of halogens is 1. The van der Waals surface area contributed by atoms with Crippen LogP contribution < -0.4 is 10.5 Å². The number of nitrogen functional groups attached to an aromatic ring is 1. The van der Waals surface area contributed by atoms with Gasteiger partial charge in [0.25, 0.3) is 0 Å². The van der Waals surface area contributed by atoms with Crippen LogP contribution in [-0.2, 0) is 13.5 Å². The van der Waals surface area contributed by atoms with E-state index in [0.717, 1.165) is 27.9 Å². The van der Waals surface area contributed by atoms with Crippen molar-refractivity contribution in [3.05, 3.63) is 33.9 Å². The number of benzene rings is 1. The van der Waals surface area contributed by atoms with Crippen LogP contribution in [0, 0.1) is 0 Å². The Balaban J connectivity index is 2.42.